The fourth-order valence-electron chi connectivity index (χ4n) is 4.80. The number of rotatable bonds is 4. The van der Waals surface area contributed by atoms with Crippen molar-refractivity contribution in [2.45, 2.75) is 31.7 Å². The topological polar surface area (TPSA) is 42.0 Å². The van der Waals surface area contributed by atoms with E-state index in [1.807, 2.05) is 29.2 Å². The second kappa shape index (κ2) is 8.26. The Morgan fingerprint density at radius 2 is 1.67 bits per heavy atom. The summed E-state index contributed by atoms with van der Waals surface area (Å²) in [5.74, 6) is 0.707. The van der Waals surface area contributed by atoms with E-state index in [4.69, 9.17) is 9.47 Å². The van der Waals surface area contributed by atoms with Crippen molar-refractivity contribution in [3.8, 4) is 22.6 Å². The number of fused-ring (bicyclic) bond motifs is 1. The zero-order chi connectivity index (χ0) is 20.5. The third-order valence-electron chi connectivity index (χ3n) is 6.38. The van der Waals surface area contributed by atoms with E-state index in [0.717, 1.165) is 43.6 Å². The third kappa shape index (κ3) is 3.76. The lowest BCUT2D eigenvalue weighted by Gasteiger charge is -2.28. The summed E-state index contributed by atoms with van der Waals surface area (Å²) in [4.78, 5) is 17.4. The maximum atomic E-state index is 15.0. The van der Waals surface area contributed by atoms with Crippen molar-refractivity contribution < 1.29 is 18.7 Å². The number of ether oxygens (including phenoxy) is 2. The molecule has 2 aromatic carbocycles. The lowest BCUT2D eigenvalue weighted by atomic mass is 10.0. The number of benzene rings is 2. The molecule has 0 radical (unpaired) electrons. The van der Waals surface area contributed by atoms with Gasteiger partial charge in [0.1, 0.15) is 19.0 Å². The van der Waals surface area contributed by atoms with E-state index in [0.29, 0.717) is 31.3 Å². The molecule has 0 saturated carbocycles. The number of nitrogens with zero attached hydrogens (tertiary/aromatic N) is 2. The monoisotopic (exact) mass is 410 g/mol. The van der Waals surface area contributed by atoms with Crippen LogP contribution in [0.2, 0.25) is 0 Å². The highest BCUT2D eigenvalue weighted by Gasteiger charge is 2.32. The molecule has 6 heteroatoms. The minimum Gasteiger partial charge on any atom is -0.486 e. The number of hydrogen-bond acceptors (Lipinski definition) is 4. The van der Waals surface area contributed by atoms with Gasteiger partial charge < -0.3 is 19.3 Å². The SMILES string of the molecule is O=C(c1ccc(-c2ccc3c(c2)OCCO3)cc1F)N1CCC[C@H]1CN1CCCC1. The van der Waals surface area contributed by atoms with E-state index in [-0.39, 0.29) is 17.5 Å². The predicted molar refractivity (Wildman–Crippen MR) is 113 cm³/mol. The molecular formula is C24H27FN2O3. The van der Waals surface area contributed by atoms with Crippen molar-refractivity contribution in [2.24, 2.45) is 0 Å². The average Bonchev–Trinajstić information content (AvgIpc) is 3.45. The predicted octanol–water partition coefficient (Wildman–Crippen LogP) is 3.96. The second-order valence-corrected chi connectivity index (χ2v) is 8.36. The number of hydrogen-bond donors (Lipinski definition) is 0. The molecule has 2 saturated heterocycles. The Labute approximate surface area is 176 Å². The summed E-state index contributed by atoms with van der Waals surface area (Å²) in [6.07, 6.45) is 4.45. The van der Waals surface area contributed by atoms with Gasteiger partial charge in [0.2, 0.25) is 0 Å². The second-order valence-electron chi connectivity index (χ2n) is 8.36. The maximum Gasteiger partial charge on any atom is 0.257 e. The van der Waals surface area contributed by atoms with Crippen LogP contribution in [0.4, 0.5) is 4.39 Å². The zero-order valence-corrected chi connectivity index (χ0v) is 17.1. The first-order chi connectivity index (χ1) is 14.7. The third-order valence-corrected chi connectivity index (χ3v) is 6.38. The Morgan fingerprint density at radius 3 is 2.47 bits per heavy atom. The summed E-state index contributed by atoms with van der Waals surface area (Å²) in [6.45, 7) is 4.87. The van der Waals surface area contributed by atoms with Crippen molar-refractivity contribution in [1.82, 2.24) is 9.80 Å². The molecule has 0 aromatic heterocycles. The largest absolute Gasteiger partial charge is 0.486 e. The fourth-order valence-corrected chi connectivity index (χ4v) is 4.80. The molecule has 0 unspecified atom stereocenters. The molecule has 0 N–H and O–H groups in total. The van der Waals surface area contributed by atoms with E-state index < -0.39 is 5.82 Å². The molecule has 3 aliphatic rings. The van der Waals surface area contributed by atoms with Gasteiger partial charge in [-0.15, -0.1) is 0 Å². The quantitative estimate of drug-likeness (QED) is 0.765. The normalized spacial score (nSPS) is 21.2. The summed E-state index contributed by atoms with van der Waals surface area (Å²) in [6, 6.07) is 10.7. The summed E-state index contributed by atoms with van der Waals surface area (Å²) in [5.41, 5.74) is 1.71. The van der Waals surface area contributed by atoms with Crippen LogP contribution in [-0.4, -0.2) is 61.1 Å². The molecular weight excluding hydrogens is 383 g/mol. The van der Waals surface area contributed by atoms with Crippen molar-refractivity contribution in [3.05, 3.63) is 47.8 Å². The molecule has 0 spiro atoms. The van der Waals surface area contributed by atoms with E-state index in [1.165, 1.54) is 18.9 Å². The molecule has 1 amide bonds. The van der Waals surface area contributed by atoms with Gasteiger partial charge in [0.05, 0.1) is 5.56 Å². The minimum absolute atomic E-state index is 0.157. The van der Waals surface area contributed by atoms with Gasteiger partial charge in [-0.25, -0.2) is 4.39 Å². The Hall–Kier alpha value is -2.60. The summed E-state index contributed by atoms with van der Waals surface area (Å²) >= 11 is 0. The molecule has 5 rings (SSSR count). The average molecular weight is 410 g/mol. The van der Waals surface area contributed by atoms with Gasteiger partial charge in [0.25, 0.3) is 5.91 Å². The Balaban J connectivity index is 1.34. The molecule has 3 heterocycles. The highest BCUT2D eigenvalue weighted by molar-refractivity contribution is 5.95. The van der Waals surface area contributed by atoms with Crippen LogP contribution in [0.3, 0.4) is 0 Å². The Bertz CT molecular complexity index is 942. The van der Waals surface area contributed by atoms with Gasteiger partial charge in [-0.05, 0) is 74.2 Å². The van der Waals surface area contributed by atoms with E-state index in [1.54, 1.807) is 6.07 Å². The summed E-state index contributed by atoms with van der Waals surface area (Å²) in [7, 11) is 0. The van der Waals surface area contributed by atoms with Gasteiger partial charge in [-0.2, -0.15) is 0 Å². The van der Waals surface area contributed by atoms with E-state index in [2.05, 4.69) is 4.90 Å². The molecule has 2 aromatic rings. The van der Waals surface area contributed by atoms with Crippen LogP contribution >= 0.6 is 0 Å². The maximum absolute atomic E-state index is 15.0. The van der Waals surface area contributed by atoms with Crippen molar-refractivity contribution in [1.29, 1.82) is 0 Å². The smallest absolute Gasteiger partial charge is 0.257 e. The van der Waals surface area contributed by atoms with E-state index in [9.17, 15) is 9.18 Å². The lowest BCUT2D eigenvalue weighted by Crippen LogP contribution is -2.42. The number of carbonyl (C=O) groups excluding carboxylic acids is 1. The molecule has 0 aliphatic carbocycles. The molecule has 30 heavy (non-hydrogen) atoms. The lowest BCUT2D eigenvalue weighted by molar-refractivity contribution is 0.0704. The first-order valence-electron chi connectivity index (χ1n) is 10.9. The van der Waals surface area contributed by atoms with Crippen LogP contribution in [0.15, 0.2) is 36.4 Å². The highest BCUT2D eigenvalue weighted by Crippen LogP contribution is 2.35. The number of halogens is 1. The molecule has 3 aliphatic heterocycles. The van der Waals surface area contributed by atoms with Gasteiger partial charge in [-0.3, -0.25) is 4.79 Å². The van der Waals surface area contributed by atoms with Crippen LogP contribution in [-0.2, 0) is 0 Å². The first kappa shape index (κ1) is 19.4. The number of carbonyl (C=O) groups is 1. The molecule has 0 bridgehead atoms. The van der Waals surface area contributed by atoms with Crippen molar-refractivity contribution in [3.63, 3.8) is 0 Å². The van der Waals surface area contributed by atoms with Crippen LogP contribution in [0, 0.1) is 5.82 Å². The standard InChI is InChI=1S/C24H27FN2O3/c25-21-14-17(18-6-8-22-23(15-18)30-13-12-29-22)5-7-20(21)24(28)27-11-3-4-19(27)16-26-9-1-2-10-26/h5-8,14-15,19H,1-4,9-13,16H2/t19-/m0/s1. The molecule has 1 atom stereocenters. The van der Waals surface area contributed by atoms with Crippen molar-refractivity contribution >= 4 is 5.91 Å². The molecule has 158 valence electrons. The van der Waals surface area contributed by atoms with E-state index >= 15 is 0 Å². The van der Waals surface area contributed by atoms with Crippen LogP contribution in [0.5, 0.6) is 11.5 Å². The highest BCUT2D eigenvalue weighted by atomic mass is 19.1. The van der Waals surface area contributed by atoms with Crippen molar-refractivity contribution in [2.75, 3.05) is 39.4 Å². The molecule has 5 nitrogen and oxygen atoms in total. The van der Waals surface area contributed by atoms with Crippen LogP contribution in [0.1, 0.15) is 36.0 Å². The van der Waals surface area contributed by atoms with Gasteiger partial charge in [-0.1, -0.05) is 12.1 Å². The zero-order valence-electron chi connectivity index (χ0n) is 17.1. The van der Waals surface area contributed by atoms with Gasteiger partial charge >= 0.3 is 0 Å². The van der Waals surface area contributed by atoms with Crippen LogP contribution in [0.25, 0.3) is 11.1 Å². The first-order valence-corrected chi connectivity index (χ1v) is 10.9. The fraction of sp³-hybridized carbons (Fsp3) is 0.458. The number of amides is 1. The van der Waals surface area contributed by atoms with Crippen LogP contribution < -0.4 is 9.47 Å². The number of likely N-dealkylation sites (tertiary alicyclic amines) is 2. The molecule has 2 fully saturated rings. The minimum atomic E-state index is -0.473. The summed E-state index contributed by atoms with van der Waals surface area (Å²) < 4.78 is 26.2. The summed E-state index contributed by atoms with van der Waals surface area (Å²) in [5, 5.41) is 0. The Kier molecular flexibility index (Phi) is 5.34. The van der Waals surface area contributed by atoms with Gasteiger partial charge in [0, 0.05) is 19.1 Å². The van der Waals surface area contributed by atoms with Gasteiger partial charge in [0.15, 0.2) is 11.5 Å². The Morgan fingerprint density at radius 1 is 0.933 bits per heavy atom.